The zero-order valence-electron chi connectivity index (χ0n) is 10.1. The monoisotopic (exact) mass is 216 g/mol. The summed E-state index contributed by atoms with van der Waals surface area (Å²) < 4.78 is 1.79. The van der Waals surface area contributed by atoms with Crippen molar-refractivity contribution in [1.29, 1.82) is 0 Å². The quantitative estimate of drug-likeness (QED) is 0.687. The van der Waals surface area contributed by atoms with Gasteiger partial charge in [0.25, 0.3) is 0 Å². The lowest BCUT2D eigenvalue weighted by molar-refractivity contribution is 0.112. The van der Waals surface area contributed by atoms with Crippen LogP contribution >= 0.6 is 0 Å². The molecule has 0 fully saturated rings. The Hall–Kier alpha value is -1.64. The van der Waals surface area contributed by atoms with Gasteiger partial charge in [-0.05, 0) is 6.07 Å². The van der Waals surface area contributed by atoms with Gasteiger partial charge in [-0.2, -0.15) is 5.10 Å². The van der Waals surface area contributed by atoms with E-state index in [2.05, 4.69) is 25.9 Å². The van der Waals surface area contributed by atoms with E-state index in [1.54, 1.807) is 4.68 Å². The minimum Gasteiger partial charge on any atom is -0.298 e. The average molecular weight is 216 g/mol. The summed E-state index contributed by atoms with van der Waals surface area (Å²) in [6.45, 7) is 6.38. The molecule has 2 rings (SSSR count). The van der Waals surface area contributed by atoms with Crippen LogP contribution in [0.3, 0.4) is 0 Å². The number of hydrogen-bond acceptors (Lipinski definition) is 2. The highest BCUT2D eigenvalue weighted by molar-refractivity contribution is 5.97. The molecule has 0 saturated carbocycles. The van der Waals surface area contributed by atoms with E-state index in [1.807, 2.05) is 25.2 Å². The molecule has 1 aromatic carbocycles. The number of rotatable bonds is 1. The Morgan fingerprint density at radius 1 is 1.31 bits per heavy atom. The molecule has 3 nitrogen and oxygen atoms in total. The van der Waals surface area contributed by atoms with E-state index in [4.69, 9.17) is 0 Å². The second kappa shape index (κ2) is 3.44. The van der Waals surface area contributed by atoms with Crippen molar-refractivity contribution in [2.75, 3.05) is 0 Å². The van der Waals surface area contributed by atoms with E-state index in [-0.39, 0.29) is 5.41 Å². The maximum absolute atomic E-state index is 11.0. The molecule has 0 atom stereocenters. The van der Waals surface area contributed by atoms with Crippen molar-refractivity contribution in [2.24, 2.45) is 7.05 Å². The molecule has 3 heteroatoms. The predicted molar refractivity (Wildman–Crippen MR) is 64.8 cm³/mol. The molecule has 1 aromatic heterocycles. The number of benzene rings is 1. The highest BCUT2D eigenvalue weighted by atomic mass is 16.1. The summed E-state index contributed by atoms with van der Waals surface area (Å²) >= 11 is 0. The van der Waals surface area contributed by atoms with E-state index in [0.717, 1.165) is 22.9 Å². The van der Waals surface area contributed by atoms with Crippen LogP contribution < -0.4 is 0 Å². The van der Waals surface area contributed by atoms with Gasteiger partial charge >= 0.3 is 0 Å². The highest BCUT2D eigenvalue weighted by Gasteiger charge is 2.22. The Bertz CT molecular complexity index is 547. The first kappa shape index (κ1) is 10.9. The molecular formula is C13H16N2O. The number of para-hydroxylation sites is 1. The molecule has 84 valence electrons. The van der Waals surface area contributed by atoms with Crippen molar-refractivity contribution < 1.29 is 4.79 Å². The average Bonchev–Trinajstić information content (AvgIpc) is 2.56. The predicted octanol–water partition coefficient (Wildman–Crippen LogP) is 2.68. The van der Waals surface area contributed by atoms with E-state index >= 15 is 0 Å². The molecule has 0 spiro atoms. The smallest absolute Gasteiger partial charge is 0.152 e. The van der Waals surface area contributed by atoms with Gasteiger partial charge in [-0.25, -0.2) is 0 Å². The molecule has 16 heavy (non-hydrogen) atoms. The first-order valence-electron chi connectivity index (χ1n) is 5.36. The summed E-state index contributed by atoms with van der Waals surface area (Å²) in [5.41, 5.74) is 2.64. The van der Waals surface area contributed by atoms with Crippen molar-refractivity contribution in [3.63, 3.8) is 0 Å². The third-order valence-electron chi connectivity index (χ3n) is 2.73. The summed E-state index contributed by atoms with van der Waals surface area (Å²) in [4.78, 5) is 11.0. The summed E-state index contributed by atoms with van der Waals surface area (Å²) in [5.74, 6) is 0. The Morgan fingerprint density at radius 2 is 2.00 bits per heavy atom. The summed E-state index contributed by atoms with van der Waals surface area (Å²) in [6.07, 6.45) is 0.885. The van der Waals surface area contributed by atoms with Gasteiger partial charge in [-0.1, -0.05) is 32.9 Å². The molecule has 0 aliphatic carbocycles. The summed E-state index contributed by atoms with van der Waals surface area (Å²) in [7, 11) is 1.88. The molecule has 1 heterocycles. The minimum atomic E-state index is -0.0129. The molecule has 0 aliphatic heterocycles. The molecule has 0 unspecified atom stereocenters. The van der Waals surface area contributed by atoms with Crippen molar-refractivity contribution in [1.82, 2.24) is 9.78 Å². The van der Waals surface area contributed by atoms with Gasteiger partial charge in [-0.3, -0.25) is 9.48 Å². The highest BCUT2D eigenvalue weighted by Crippen LogP contribution is 2.29. The molecule has 0 radical (unpaired) electrons. The van der Waals surface area contributed by atoms with Crippen molar-refractivity contribution in [2.45, 2.75) is 26.2 Å². The first-order valence-corrected chi connectivity index (χ1v) is 5.36. The molecule has 2 aromatic rings. The number of aryl methyl sites for hydroxylation is 1. The lowest BCUT2D eigenvalue weighted by Gasteiger charge is -2.15. The second-order valence-corrected chi connectivity index (χ2v) is 5.08. The lowest BCUT2D eigenvalue weighted by atomic mass is 9.89. The largest absolute Gasteiger partial charge is 0.298 e. The lowest BCUT2D eigenvalue weighted by Crippen LogP contribution is -2.12. The van der Waals surface area contributed by atoms with Crippen LogP contribution in [-0.2, 0) is 12.5 Å². The number of carbonyl (C=O) groups is 1. The van der Waals surface area contributed by atoms with Crippen LogP contribution in [0, 0.1) is 0 Å². The van der Waals surface area contributed by atoms with Gasteiger partial charge in [0.2, 0.25) is 0 Å². The van der Waals surface area contributed by atoms with Crippen LogP contribution in [0.5, 0.6) is 0 Å². The Labute approximate surface area is 95.1 Å². The van der Waals surface area contributed by atoms with Gasteiger partial charge in [0.05, 0.1) is 11.2 Å². The van der Waals surface area contributed by atoms with Crippen LogP contribution in [0.1, 0.15) is 36.8 Å². The fraction of sp³-hybridized carbons (Fsp3) is 0.385. The van der Waals surface area contributed by atoms with E-state index in [9.17, 15) is 4.79 Å². The van der Waals surface area contributed by atoms with Gasteiger partial charge in [0.15, 0.2) is 6.29 Å². The zero-order chi connectivity index (χ0) is 11.9. The number of fused-ring (bicyclic) bond motifs is 1. The van der Waals surface area contributed by atoms with E-state index < -0.39 is 0 Å². The zero-order valence-corrected chi connectivity index (χ0v) is 10.1. The van der Waals surface area contributed by atoms with Gasteiger partial charge in [0, 0.05) is 23.4 Å². The minimum absolute atomic E-state index is 0.0129. The number of aldehydes is 1. The van der Waals surface area contributed by atoms with E-state index in [1.165, 1.54) is 0 Å². The van der Waals surface area contributed by atoms with Crippen molar-refractivity contribution in [3.8, 4) is 0 Å². The standard InChI is InChI=1S/C13H16N2O/c1-13(2,3)12-10-7-5-6-9(8-16)11(10)15(4)14-12/h5-8H,1-4H3. The van der Waals surface area contributed by atoms with Crippen LogP contribution in [0.25, 0.3) is 10.9 Å². The Balaban J connectivity index is 2.87. The van der Waals surface area contributed by atoms with Gasteiger partial charge in [-0.15, -0.1) is 0 Å². The Kier molecular flexibility index (Phi) is 2.34. The first-order chi connectivity index (χ1) is 7.45. The third kappa shape index (κ3) is 1.52. The number of aromatic nitrogens is 2. The SMILES string of the molecule is Cn1nc(C(C)(C)C)c2cccc(C=O)c21. The topological polar surface area (TPSA) is 34.9 Å². The van der Waals surface area contributed by atoms with Crippen LogP contribution in [0.15, 0.2) is 18.2 Å². The Morgan fingerprint density at radius 3 is 2.56 bits per heavy atom. The second-order valence-electron chi connectivity index (χ2n) is 5.08. The molecule has 0 aliphatic rings. The fourth-order valence-electron chi connectivity index (χ4n) is 2.02. The normalized spacial score (nSPS) is 12.0. The van der Waals surface area contributed by atoms with Crippen molar-refractivity contribution in [3.05, 3.63) is 29.5 Å². The molecule has 0 bridgehead atoms. The van der Waals surface area contributed by atoms with Crippen LogP contribution in [0.4, 0.5) is 0 Å². The van der Waals surface area contributed by atoms with E-state index in [0.29, 0.717) is 5.56 Å². The molecule has 0 N–H and O–H groups in total. The number of hydrogen-bond donors (Lipinski definition) is 0. The van der Waals surface area contributed by atoms with Gasteiger partial charge < -0.3 is 0 Å². The fourth-order valence-corrected chi connectivity index (χ4v) is 2.02. The maximum atomic E-state index is 11.0. The maximum Gasteiger partial charge on any atom is 0.152 e. The number of nitrogens with zero attached hydrogens (tertiary/aromatic N) is 2. The van der Waals surface area contributed by atoms with Gasteiger partial charge in [0.1, 0.15) is 0 Å². The van der Waals surface area contributed by atoms with Crippen LogP contribution in [-0.4, -0.2) is 16.1 Å². The van der Waals surface area contributed by atoms with Crippen molar-refractivity contribution >= 4 is 17.2 Å². The summed E-state index contributed by atoms with van der Waals surface area (Å²) in [5, 5.41) is 5.60. The molecule has 0 saturated heterocycles. The third-order valence-corrected chi connectivity index (χ3v) is 2.73. The molecular weight excluding hydrogens is 200 g/mol. The van der Waals surface area contributed by atoms with Crippen LogP contribution in [0.2, 0.25) is 0 Å². The molecule has 0 amide bonds. The number of carbonyl (C=O) groups excluding carboxylic acids is 1. The summed E-state index contributed by atoms with van der Waals surface area (Å²) in [6, 6.07) is 5.75.